The molecule has 0 spiro atoms. The third-order valence-electron chi connectivity index (χ3n) is 3.60. The van der Waals surface area contributed by atoms with E-state index in [4.69, 9.17) is 0 Å². The summed E-state index contributed by atoms with van der Waals surface area (Å²) in [5.41, 5.74) is 2.05. The maximum atomic E-state index is 12.6. The van der Waals surface area contributed by atoms with Crippen LogP contribution in [0.5, 0.6) is 0 Å². The van der Waals surface area contributed by atoms with E-state index in [1.165, 1.54) is 11.3 Å². The summed E-state index contributed by atoms with van der Waals surface area (Å²) in [7, 11) is 0.326. The maximum Gasteiger partial charge on any atom is 0.263 e. The van der Waals surface area contributed by atoms with Gasteiger partial charge in [-0.3, -0.25) is 4.72 Å². The average molecular weight is 361 g/mol. The van der Waals surface area contributed by atoms with Crippen molar-refractivity contribution in [1.82, 2.24) is 9.88 Å². The number of rotatable bonds is 5. The van der Waals surface area contributed by atoms with Crippen LogP contribution in [0.4, 0.5) is 5.69 Å². The van der Waals surface area contributed by atoms with Gasteiger partial charge in [0.05, 0.1) is 16.9 Å². The van der Waals surface area contributed by atoms with E-state index in [-0.39, 0.29) is 0 Å². The number of thiophene rings is 1. The zero-order valence-corrected chi connectivity index (χ0v) is 15.4. The van der Waals surface area contributed by atoms with E-state index in [1.54, 1.807) is 24.4 Å². The topological polar surface area (TPSA) is 62.3 Å². The fourth-order valence-corrected chi connectivity index (χ4v) is 4.88. The number of sulfonamides is 1. The highest BCUT2D eigenvalue weighted by Gasteiger charge is 2.19. The number of anilines is 1. The maximum absolute atomic E-state index is 12.6. The number of nitrogens with one attached hydrogen (secondary N) is 1. The highest BCUT2D eigenvalue weighted by molar-refractivity contribution is 7.93. The van der Waals surface area contributed by atoms with Gasteiger partial charge in [-0.25, -0.2) is 13.4 Å². The van der Waals surface area contributed by atoms with Gasteiger partial charge in [-0.15, -0.1) is 11.3 Å². The average Bonchev–Trinajstić information content (AvgIpc) is 2.94. The summed E-state index contributed by atoms with van der Waals surface area (Å²) in [6, 6.07) is 11.0. The standard InChI is InChI=1S/C17H19N3O2S2/c1-12-16(9-10-23-12)24(21,22)19-15-6-4-5-13-7-8-14(11-20(2)3)18-17(13)15/h4-10,19H,11H2,1-3H3. The molecular formula is C17H19N3O2S2. The van der Waals surface area contributed by atoms with Gasteiger partial charge in [0.1, 0.15) is 4.90 Å². The summed E-state index contributed by atoms with van der Waals surface area (Å²) in [5, 5.41) is 2.68. The molecule has 1 N–H and O–H groups in total. The number of fused-ring (bicyclic) bond motifs is 1. The molecule has 0 radical (unpaired) electrons. The van der Waals surface area contributed by atoms with Gasteiger partial charge in [-0.05, 0) is 44.6 Å². The Labute approximate surface area is 146 Å². The second kappa shape index (κ2) is 6.51. The third kappa shape index (κ3) is 3.43. The van der Waals surface area contributed by atoms with E-state index in [9.17, 15) is 8.42 Å². The number of hydrogen-bond donors (Lipinski definition) is 1. The summed E-state index contributed by atoms with van der Waals surface area (Å²) < 4.78 is 28.0. The molecule has 0 saturated carbocycles. The van der Waals surface area contributed by atoms with Crippen molar-refractivity contribution in [1.29, 1.82) is 0 Å². The Morgan fingerprint density at radius 1 is 1.17 bits per heavy atom. The largest absolute Gasteiger partial charge is 0.304 e. The van der Waals surface area contributed by atoms with Crippen molar-refractivity contribution < 1.29 is 8.42 Å². The number of pyridine rings is 1. The number of aryl methyl sites for hydroxylation is 1. The number of benzene rings is 1. The van der Waals surface area contributed by atoms with E-state index < -0.39 is 10.0 Å². The van der Waals surface area contributed by atoms with Crippen LogP contribution in [-0.2, 0) is 16.6 Å². The van der Waals surface area contributed by atoms with Gasteiger partial charge in [0.15, 0.2) is 0 Å². The Hall–Kier alpha value is -1.96. The minimum absolute atomic E-state index is 0.314. The lowest BCUT2D eigenvalue weighted by molar-refractivity contribution is 0.397. The van der Waals surface area contributed by atoms with Crippen molar-refractivity contribution in [2.45, 2.75) is 18.4 Å². The molecule has 2 aromatic heterocycles. The van der Waals surface area contributed by atoms with Gasteiger partial charge in [0, 0.05) is 16.8 Å². The molecule has 24 heavy (non-hydrogen) atoms. The molecule has 0 saturated heterocycles. The van der Waals surface area contributed by atoms with E-state index in [1.807, 2.05) is 43.3 Å². The summed E-state index contributed by atoms with van der Waals surface area (Å²) in [4.78, 5) is 7.74. The van der Waals surface area contributed by atoms with Crippen LogP contribution >= 0.6 is 11.3 Å². The first kappa shape index (κ1) is 16.9. The van der Waals surface area contributed by atoms with Gasteiger partial charge in [0.2, 0.25) is 0 Å². The van der Waals surface area contributed by atoms with Crippen LogP contribution in [0, 0.1) is 6.92 Å². The first-order chi connectivity index (χ1) is 11.4. The summed E-state index contributed by atoms with van der Waals surface area (Å²) in [5.74, 6) is 0. The Bertz CT molecular complexity index is 978. The van der Waals surface area contributed by atoms with E-state index in [0.717, 1.165) is 16.0 Å². The van der Waals surface area contributed by atoms with Crippen LogP contribution in [0.15, 0.2) is 46.7 Å². The Balaban J connectivity index is 2.04. The van der Waals surface area contributed by atoms with Crippen LogP contribution in [-0.4, -0.2) is 32.4 Å². The zero-order valence-electron chi connectivity index (χ0n) is 13.8. The van der Waals surface area contributed by atoms with E-state index in [0.29, 0.717) is 22.6 Å². The molecule has 0 fully saturated rings. The molecule has 7 heteroatoms. The quantitative estimate of drug-likeness (QED) is 0.756. The normalized spacial score (nSPS) is 12.0. The molecule has 2 heterocycles. The molecule has 5 nitrogen and oxygen atoms in total. The molecule has 0 aliphatic rings. The first-order valence-corrected chi connectivity index (χ1v) is 9.83. The lowest BCUT2D eigenvalue weighted by atomic mass is 10.2. The van der Waals surface area contributed by atoms with Crippen molar-refractivity contribution in [3.8, 4) is 0 Å². The third-order valence-corrected chi connectivity index (χ3v) is 6.09. The first-order valence-electron chi connectivity index (χ1n) is 7.47. The number of nitrogens with zero attached hydrogens (tertiary/aromatic N) is 2. The van der Waals surface area contributed by atoms with Crippen LogP contribution in [0.3, 0.4) is 0 Å². The molecule has 0 bridgehead atoms. The molecule has 0 atom stereocenters. The SMILES string of the molecule is Cc1sccc1S(=O)(=O)Nc1cccc2ccc(CN(C)C)nc12. The fraction of sp³-hybridized carbons (Fsp3) is 0.235. The van der Waals surface area contributed by atoms with Crippen molar-refractivity contribution in [3.05, 3.63) is 52.3 Å². The Morgan fingerprint density at radius 3 is 2.62 bits per heavy atom. The molecular weight excluding hydrogens is 342 g/mol. The highest BCUT2D eigenvalue weighted by atomic mass is 32.2. The Kier molecular flexibility index (Phi) is 4.58. The molecule has 3 aromatic rings. The number of para-hydroxylation sites is 1. The smallest absolute Gasteiger partial charge is 0.263 e. The van der Waals surface area contributed by atoms with Crippen molar-refractivity contribution in [2.75, 3.05) is 18.8 Å². The molecule has 0 aliphatic heterocycles. The predicted molar refractivity (Wildman–Crippen MR) is 99.0 cm³/mol. The minimum atomic E-state index is -3.62. The van der Waals surface area contributed by atoms with Crippen molar-refractivity contribution in [3.63, 3.8) is 0 Å². The summed E-state index contributed by atoms with van der Waals surface area (Å²) in [6.07, 6.45) is 0. The van der Waals surface area contributed by atoms with Crippen molar-refractivity contribution in [2.24, 2.45) is 0 Å². The highest BCUT2D eigenvalue weighted by Crippen LogP contribution is 2.27. The fourth-order valence-electron chi connectivity index (χ4n) is 2.53. The molecule has 0 aliphatic carbocycles. The molecule has 126 valence electrons. The monoisotopic (exact) mass is 361 g/mol. The number of aromatic nitrogens is 1. The van der Waals surface area contributed by atoms with Crippen LogP contribution in [0.2, 0.25) is 0 Å². The second-order valence-corrected chi connectivity index (χ2v) is 8.64. The minimum Gasteiger partial charge on any atom is -0.304 e. The van der Waals surface area contributed by atoms with Gasteiger partial charge >= 0.3 is 0 Å². The molecule has 0 unspecified atom stereocenters. The van der Waals surface area contributed by atoms with Gasteiger partial charge in [0.25, 0.3) is 10.0 Å². The van der Waals surface area contributed by atoms with Gasteiger partial charge < -0.3 is 4.90 Å². The molecule has 1 aromatic carbocycles. The summed E-state index contributed by atoms with van der Waals surface area (Å²) >= 11 is 1.41. The summed E-state index contributed by atoms with van der Waals surface area (Å²) in [6.45, 7) is 2.50. The van der Waals surface area contributed by atoms with Crippen LogP contribution in [0.1, 0.15) is 10.6 Å². The lowest BCUT2D eigenvalue weighted by Crippen LogP contribution is -2.14. The predicted octanol–water partition coefficient (Wildman–Crippen LogP) is 3.47. The van der Waals surface area contributed by atoms with Crippen molar-refractivity contribution >= 4 is 38.0 Å². The van der Waals surface area contributed by atoms with E-state index >= 15 is 0 Å². The Morgan fingerprint density at radius 2 is 1.96 bits per heavy atom. The molecule has 0 amide bonds. The van der Waals surface area contributed by atoms with Crippen LogP contribution in [0.25, 0.3) is 10.9 Å². The van der Waals surface area contributed by atoms with Gasteiger partial charge in [-0.2, -0.15) is 0 Å². The molecule has 3 rings (SSSR count). The number of hydrogen-bond acceptors (Lipinski definition) is 5. The van der Waals surface area contributed by atoms with E-state index in [2.05, 4.69) is 9.71 Å². The zero-order chi connectivity index (χ0) is 17.3. The van der Waals surface area contributed by atoms with Crippen LogP contribution < -0.4 is 4.72 Å². The lowest BCUT2D eigenvalue weighted by Gasteiger charge is -2.13. The second-order valence-electron chi connectivity index (χ2n) is 5.86. The van der Waals surface area contributed by atoms with Gasteiger partial charge in [-0.1, -0.05) is 18.2 Å².